The van der Waals surface area contributed by atoms with Gasteiger partial charge in [-0.05, 0) is 76.9 Å². The van der Waals surface area contributed by atoms with Crippen molar-refractivity contribution in [1.82, 2.24) is 19.5 Å². The zero-order chi connectivity index (χ0) is 31.6. The second-order valence-electron chi connectivity index (χ2n) is 12.1. The Balaban J connectivity index is 1.26. The van der Waals surface area contributed by atoms with Crippen molar-refractivity contribution in [3.8, 4) is 39.3 Å². The molecule has 10 rings (SSSR count). The third kappa shape index (κ3) is 4.15. The lowest BCUT2D eigenvalue weighted by Gasteiger charge is -2.13. The zero-order valence-electron chi connectivity index (χ0n) is 25.7. The van der Waals surface area contributed by atoms with Crippen LogP contribution in [-0.4, -0.2) is 19.5 Å². The molecule has 0 saturated carbocycles. The molecule has 0 N–H and O–H groups in total. The number of hydrogen-bond donors (Lipinski definition) is 0. The lowest BCUT2D eigenvalue weighted by atomic mass is 10.0. The molecule has 0 unspecified atom stereocenters. The molecule has 0 aliphatic carbocycles. The van der Waals surface area contributed by atoms with Gasteiger partial charge < -0.3 is 4.42 Å². The molecule has 6 aromatic carbocycles. The Morgan fingerprint density at radius 2 is 1.15 bits per heavy atom. The summed E-state index contributed by atoms with van der Waals surface area (Å²) in [5.74, 6) is 0.845. The average Bonchev–Trinajstić information content (AvgIpc) is 3.70. The Kier molecular flexibility index (Phi) is 5.81. The first-order valence-corrected chi connectivity index (χ1v) is 16.0. The predicted molar refractivity (Wildman–Crippen MR) is 195 cm³/mol. The van der Waals surface area contributed by atoms with Crippen LogP contribution in [-0.2, 0) is 0 Å². The van der Waals surface area contributed by atoms with E-state index in [0.29, 0.717) is 0 Å². The fourth-order valence-electron chi connectivity index (χ4n) is 7.06. The SMILES string of the molecule is c1ccc(-c2cc(-c3ccccc3)nc(-n3c4ccc(-c5ccc6oc7ccccc7c6c5)cc4c4c5nccnc5ccc43)c2)cc1. The fourth-order valence-corrected chi connectivity index (χ4v) is 7.06. The van der Waals surface area contributed by atoms with Gasteiger partial charge >= 0.3 is 0 Å². The van der Waals surface area contributed by atoms with E-state index in [1.807, 2.05) is 24.3 Å². The summed E-state index contributed by atoms with van der Waals surface area (Å²) in [5.41, 5.74) is 12.1. The highest BCUT2D eigenvalue weighted by atomic mass is 16.3. The van der Waals surface area contributed by atoms with E-state index in [2.05, 4.69) is 131 Å². The van der Waals surface area contributed by atoms with Crippen LogP contribution in [0.1, 0.15) is 0 Å². The van der Waals surface area contributed by atoms with Gasteiger partial charge in [0.2, 0.25) is 0 Å². The van der Waals surface area contributed by atoms with Crippen molar-refractivity contribution in [3.05, 3.63) is 158 Å². The van der Waals surface area contributed by atoms with E-state index >= 15 is 0 Å². The lowest BCUT2D eigenvalue weighted by molar-refractivity contribution is 0.669. The van der Waals surface area contributed by atoms with E-state index in [1.165, 1.54) is 0 Å². The molecule has 0 fully saturated rings. The molecule has 0 saturated heterocycles. The Bertz CT molecular complexity index is 2780. The van der Waals surface area contributed by atoms with Crippen molar-refractivity contribution >= 4 is 54.8 Å². The first-order valence-electron chi connectivity index (χ1n) is 16.0. The molecule has 0 spiro atoms. The highest BCUT2D eigenvalue weighted by Crippen LogP contribution is 2.40. The van der Waals surface area contributed by atoms with Crippen molar-refractivity contribution < 1.29 is 4.42 Å². The maximum absolute atomic E-state index is 6.13. The van der Waals surface area contributed by atoms with Crippen LogP contribution in [0, 0.1) is 0 Å². The van der Waals surface area contributed by atoms with Crippen molar-refractivity contribution in [3.63, 3.8) is 0 Å². The van der Waals surface area contributed by atoms with Crippen LogP contribution in [0.3, 0.4) is 0 Å². The van der Waals surface area contributed by atoms with Crippen LogP contribution >= 0.6 is 0 Å². The summed E-state index contributed by atoms with van der Waals surface area (Å²) in [5, 5.41) is 4.38. The minimum Gasteiger partial charge on any atom is -0.456 e. The van der Waals surface area contributed by atoms with Crippen molar-refractivity contribution in [2.75, 3.05) is 0 Å². The van der Waals surface area contributed by atoms with Gasteiger partial charge in [0.05, 0.1) is 27.8 Å². The summed E-state index contributed by atoms with van der Waals surface area (Å²) < 4.78 is 8.40. The van der Waals surface area contributed by atoms with Crippen LogP contribution in [0.4, 0.5) is 0 Å². The maximum atomic E-state index is 6.13. The summed E-state index contributed by atoms with van der Waals surface area (Å²) in [6, 6.07) is 50.8. The minimum absolute atomic E-state index is 0.845. The molecule has 0 radical (unpaired) electrons. The molecule has 4 aromatic heterocycles. The molecule has 224 valence electrons. The zero-order valence-corrected chi connectivity index (χ0v) is 25.7. The molecule has 48 heavy (non-hydrogen) atoms. The van der Waals surface area contributed by atoms with Crippen molar-refractivity contribution in [2.45, 2.75) is 0 Å². The highest BCUT2D eigenvalue weighted by Gasteiger charge is 2.19. The van der Waals surface area contributed by atoms with Crippen LogP contribution in [0.25, 0.3) is 94.1 Å². The van der Waals surface area contributed by atoms with Crippen LogP contribution in [0.5, 0.6) is 0 Å². The Labute approximate surface area is 275 Å². The summed E-state index contributed by atoms with van der Waals surface area (Å²) in [7, 11) is 0. The normalized spacial score (nSPS) is 11.8. The van der Waals surface area contributed by atoms with Crippen molar-refractivity contribution in [1.29, 1.82) is 0 Å². The van der Waals surface area contributed by atoms with Gasteiger partial charge in [-0.25, -0.2) is 4.98 Å². The fraction of sp³-hybridized carbons (Fsp3) is 0. The number of aromatic nitrogens is 4. The number of rotatable bonds is 4. The molecule has 4 heterocycles. The van der Waals surface area contributed by atoms with E-state index in [9.17, 15) is 0 Å². The van der Waals surface area contributed by atoms with Crippen LogP contribution in [0.15, 0.2) is 162 Å². The molecule has 0 bridgehead atoms. The topological polar surface area (TPSA) is 56.7 Å². The van der Waals surface area contributed by atoms with E-state index < -0.39 is 0 Å². The molecule has 5 heteroatoms. The first kappa shape index (κ1) is 26.6. The van der Waals surface area contributed by atoms with E-state index in [1.54, 1.807) is 12.4 Å². The molecule has 10 aromatic rings. The second-order valence-corrected chi connectivity index (χ2v) is 12.1. The summed E-state index contributed by atoms with van der Waals surface area (Å²) >= 11 is 0. The van der Waals surface area contributed by atoms with Gasteiger partial charge in [-0.2, -0.15) is 0 Å². The largest absolute Gasteiger partial charge is 0.456 e. The standard InChI is InChI=1S/C43H26N4O/c1-3-9-27(10-4-1)31-25-36(28-11-5-2-6-12-28)46-41(26-31)47-37-18-15-29(24-34(37)42-38(47)19-17-35-43(42)45-22-21-44-35)30-16-20-40-33(23-30)32-13-7-8-14-39(32)48-40/h1-26H. The monoisotopic (exact) mass is 614 g/mol. The van der Waals surface area contributed by atoms with Crippen LogP contribution < -0.4 is 0 Å². The van der Waals surface area contributed by atoms with Gasteiger partial charge in [0, 0.05) is 39.5 Å². The van der Waals surface area contributed by atoms with Crippen LogP contribution in [0.2, 0.25) is 0 Å². The van der Waals surface area contributed by atoms with E-state index in [0.717, 1.165) is 94.1 Å². The summed E-state index contributed by atoms with van der Waals surface area (Å²) in [4.78, 5) is 14.8. The molecule has 0 aliphatic heterocycles. The number of para-hydroxylation sites is 1. The summed E-state index contributed by atoms with van der Waals surface area (Å²) in [6.45, 7) is 0. The maximum Gasteiger partial charge on any atom is 0.138 e. The first-order chi connectivity index (χ1) is 23.8. The van der Waals surface area contributed by atoms with E-state index in [-0.39, 0.29) is 0 Å². The van der Waals surface area contributed by atoms with Gasteiger partial charge in [-0.1, -0.05) is 91.0 Å². The van der Waals surface area contributed by atoms with Crippen molar-refractivity contribution in [2.24, 2.45) is 0 Å². The molecular weight excluding hydrogens is 589 g/mol. The molecular formula is C43H26N4O. The minimum atomic E-state index is 0.845. The van der Waals surface area contributed by atoms with Gasteiger partial charge in [-0.3, -0.25) is 14.5 Å². The molecule has 0 amide bonds. The quantitative estimate of drug-likeness (QED) is 0.198. The molecule has 0 aliphatic rings. The number of benzene rings is 6. The Morgan fingerprint density at radius 1 is 0.458 bits per heavy atom. The Morgan fingerprint density at radius 3 is 2.00 bits per heavy atom. The number of fused-ring (bicyclic) bond motifs is 8. The number of pyridine rings is 1. The summed E-state index contributed by atoms with van der Waals surface area (Å²) in [6.07, 6.45) is 3.52. The van der Waals surface area contributed by atoms with Gasteiger partial charge in [0.15, 0.2) is 0 Å². The molecule has 0 atom stereocenters. The number of furan rings is 1. The number of nitrogens with zero attached hydrogens (tertiary/aromatic N) is 4. The lowest BCUT2D eigenvalue weighted by Crippen LogP contribution is -2.00. The second kappa shape index (κ2) is 10.5. The average molecular weight is 615 g/mol. The van der Waals surface area contributed by atoms with E-state index in [4.69, 9.17) is 14.4 Å². The van der Waals surface area contributed by atoms with Gasteiger partial charge in [0.25, 0.3) is 0 Å². The third-order valence-corrected chi connectivity index (χ3v) is 9.29. The van der Waals surface area contributed by atoms with Gasteiger partial charge in [0.1, 0.15) is 17.0 Å². The Hall–Kier alpha value is -6.59. The third-order valence-electron chi connectivity index (χ3n) is 9.29. The smallest absolute Gasteiger partial charge is 0.138 e. The predicted octanol–water partition coefficient (Wildman–Crippen LogP) is 11.0. The number of hydrogen-bond acceptors (Lipinski definition) is 4. The highest BCUT2D eigenvalue weighted by molar-refractivity contribution is 6.20. The van der Waals surface area contributed by atoms with Gasteiger partial charge in [-0.15, -0.1) is 0 Å². The molecule has 5 nitrogen and oxygen atoms in total.